The van der Waals surface area contributed by atoms with Crippen LogP contribution in [0.4, 0.5) is 0 Å². The summed E-state index contributed by atoms with van der Waals surface area (Å²) in [6.45, 7) is 1.71. The molecule has 15 heavy (non-hydrogen) atoms. The van der Waals surface area contributed by atoms with E-state index in [1.807, 2.05) is 0 Å². The summed E-state index contributed by atoms with van der Waals surface area (Å²) in [7, 11) is 1.56. The van der Waals surface area contributed by atoms with Gasteiger partial charge >= 0.3 is 5.97 Å². The minimum atomic E-state index is -1.02. The number of carboxylic acids is 1. The van der Waals surface area contributed by atoms with Crippen molar-refractivity contribution in [1.82, 2.24) is 9.38 Å². The first-order chi connectivity index (χ1) is 7.13. The van der Waals surface area contributed by atoms with Gasteiger partial charge in [0.05, 0.1) is 19.0 Å². The van der Waals surface area contributed by atoms with Crippen molar-refractivity contribution in [2.75, 3.05) is 7.11 Å². The second kappa shape index (κ2) is 3.27. The number of hydrogen-bond acceptors (Lipinski definition) is 3. The van der Waals surface area contributed by atoms with Gasteiger partial charge in [-0.1, -0.05) is 0 Å². The van der Waals surface area contributed by atoms with Crippen LogP contribution in [0.3, 0.4) is 0 Å². The Bertz CT molecular complexity index is 531. The van der Waals surface area contributed by atoms with E-state index in [0.717, 1.165) is 0 Å². The summed E-state index contributed by atoms with van der Waals surface area (Å²) in [5.74, 6) is -0.352. The molecule has 0 spiro atoms. The van der Waals surface area contributed by atoms with E-state index in [9.17, 15) is 4.79 Å². The highest BCUT2D eigenvalue weighted by Gasteiger charge is 2.14. The topological polar surface area (TPSA) is 63.8 Å². The molecule has 0 unspecified atom stereocenters. The van der Waals surface area contributed by atoms with Gasteiger partial charge < -0.3 is 9.84 Å². The van der Waals surface area contributed by atoms with E-state index in [4.69, 9.17) is 9.84 Å². The Morgan fingerprint density at radius 1 is 1.53 bits per heavy atom. The summed E-state index contributed by atoms with van der Waals surface area (Å²) in [6.07, 6.45) is 1.71. The number of aromatic carboxylic acids is 1. The number of fused-ring (bicyclic) bond motifs is 1. The Hall–Kier alpha value is -2.04. The number of hydrogen-bond donors (Lipinski definition) is 1. The van der Waals surface area contributed by atoms with Gasteiger partial charge in [-0.05, 0) is 19.1 Å². The molecule has 2 rings (SSSR count). The fourth-order valence-corrected chi connectivity index (χ4v) is 1.47. The number of methoxy groups -OCH3 is 1. The molecule has 2 aromatic rings. The zero-order valence-electron chi connectivity index (χ0n) is 8.39. The Balaban J connectivity index is 2.72. The van der Waals surface area contributed by atoms with Crippen molar-refractivity contribution in [3.63, 3.8) is 0 Å². The van der Waals surface area contributed by atoms with Crippen LogP contribution in [0.1, 0.15) is 16.2 Å². The molecule has 0 aromatic carbocycles. The smallest absolute Gasteiger partial charge is 0.356 e. The van der Waals surface area contributed by atoms with Gasteiger partial charge in [0.2, 0.25) is 0 Å². The summed E-state index contributed by atoms with van der Waals surface area (Å²) in [5, 5.41) is 8.89. The third-order valence-electron chi connectivity index (χ3n) is 2.27. The minimum Gasteiger partial charge on any atom is -0.495 e. The van der Waals surface area contributed by atoms with Crippen LogP contribution in [0.5, 0.6) is 5.75 Å². The number of ether oxygens (including phenoxy) is 1. The van der Waals surface area contributed by atoms with Gasteiger partial charge in [0.15, 0.2) is 5.69 Å². The molecular weight excluding hydrogens is 196 g/mol. The quantitative estimate of drug-likeness (QED) is 0.805. The number of nitrogens with zero attached hydrogens (tertiary/aromatic N) is 2. The van der Waals surface area contributed by atoms with E-state index >= 15 is 0 Å². The Morgan fingerprint density at radius 2 is 2.27 bits per heavy atom. The summed E-state index contributed by atoms with van der Waals surface area (Å²) in [6, 6.07) is 3.46. The molecule has 0 amide bonds. The summed E-state index contributed by atoms with van der Waals surface area (Å²) in [4.78, 5) is 14.8. The molecule has 0 aliphatic carbocycles. The number of carbonyl (C=O) groups is 1. The fraction of sp³-hybridized carbons (Fsp3) is 0.200. The second-order valence-corrected chi connectivity index (χ2v) is 3.15. The van der Waals surface area contributed by atoms with E-state index in [1.165, 1.54) is 0 Å². The van der Waals surface area contributed by atoms with E-state index in [0.29, 0.717) is 17.1 Å². The Morgan fingerprint density at radius 3 is 2.87 bits per heavy atom. The van der Waals surface area contributed by atoms with E-state index in [-0.39, 0.29) is 5.69 Å². The Labute approximate surface area is 85.9 Å². The van der Waals surface area contributed by atoms with Crippen LogP contribution in [0.15, 0.2) is 18.3 Å². The molecule has 0 radical (unpaired) electrons. The molecule has 0 saturated heterocycles. The average molecular weight is 206 g/mol. The van der Waals surface area contributed by atoms with Crippen LogP contribution in [0.2, 0.25) is 0 Å². The van der Waals surface area contributed by atoms with Gasteiger partial charge in [-0.2, -0.15) is 0 Å². The molecule has 2 aromatic heterocycles. The van der Waals surface area contributed by atoms with Crippen LogP contribution in [0.25, 0.3) is 5.65 Å². The fourth-order valence-electron chi connectivity index (χ4n) is 1.47. The van der Waals surface area contributed by atoms with Gasteiger partial charge in [-0.25, -0.2) is 9.78 Å². The van der Waals surface area contributed by atoms with Crippen LogP contribution in [-0.2, 0) is 0 Å². The minimum absolute atomic E-state index is 0.0725. The lowest BCUT2D eigenvalue weighted by Crippen LogP contribution is -1.99. The molecule has 5 nitrogen and oxygen atoms in total. The number of aryl methyl sites for hydroxylation is 1. The normalized spacial score (nSPS) is 10.5. The highest BCUT2D eigenvalue weighted by molar-refractivity contribution is 5.87. The molecule has 0 aliphatic rings. The summed E-state index contributed by atoms with van der Waals surface area (Å²) in [5.41, 5.74) is 1.27. The van der Waals surface area contributed by atoms with Crippen molar-refractivity contribution >= 4 is 11.6 Å². The van der Waals surface area contributed by atoms with Crippen molar-refractivity contribution in [1.29, 1.82) is 0 Å². The first kappa shape index (κ1) is 9.51. The first-order valence-corrected chi connectivity index (χ1v) is 4.39. The van der Waals surface area contributed by atoms with Gasteiger partial charge in [-0.3, -0.25) is 4.40 Å². The maximum atomic E-state index is 10.8. The molecule has 5 heteroatoms. The highest BCUT2D eigenvalue weighted by atomic mass is 16.5. The van der Waals surface area contributed by atoms with Gasteiger partial charge in [-0.15, -0.1) is 0 Å². The van der Waals surface area contributed by atoms with Crippen LogP contribution >= 0.6 is 0 Å². The van der Waals surface area contributed by atoms with E-state index in [2.05, 4.69) is 4.98 Å². The highest BCUT2D eigenvalue weighted by Crippen LogP contribution is 2.16. The third-order valence-corrected chi connectivity index (χ3v) is 2.27. The zero-order valence-corrected chi connectivity index (χ0v) is 8.39. The number of carboxylic acid groups (broad SMARTS) is 1. The van der Waals surface area contributed by atoms with Crippen LogP contribution < -0.4 is 4.74 Å². The predicted octanol–water partition coefficient (Wildman–Crippen LogP) is 1.35. The van der Waals surface area contributed by atoms with Crippen molar-refractivity contribution < 1.29 is 14.6 Å². The molecule has 1 N–H and O–H groups in total. The van der Waals surface area contributed by atoms with Crippen molar-refractivity contribution in [3.05, 3.63) is 29.7 Å². The van der Waals surface area contributed by atoms with Crippen molar-refractivity contribution in [2.45, 2.75) is 6.92 Å². The molecule has 0 saturated carbocycles. The average Bonchev–Trinajstić information content (AvgIpc) is 2.56. The Kier molecular flexibility index (Phi) is 2.07. The van der Waals surface area contributed by atoms with Crippen molar-refractivity contribution in [2.24, 2.45) is 0 Å². The lowest BCUT2D eigenvalue weighted by Gasteiger charge is -2.00. The molecule has 0 aliphatic heterocycles. The monoisotopic (exact) mass is 206 g/mol. The lowest BCUT2D eigenvalue weighted by molar-refractivity contribution is 0.0690. The second-order valence-electron chi connectivity index (χ2n) is 3.15. The number of aromatic nitrogens is 2. The number of imidazole rings is 1. The number of rotatable bonds is 2. The molecule has 0 atom stereocenters. The third kappa shape index (κ3) is 1.41. The zero-order chi connectivity index (χ0) is 11.0. The number of pyridine rings is 1. The molecular formula is C10H10N2O3. The standard InChI is InChI=1S/C10H10N2O3/c1-6-9(10(13)14)11-8-4-3-7(15-2)5-12(6)8/h3-5H,1-2H3,(H,13,14). The van der Waals surface area contributed by atoms with Crippen LogP contribution in [-0.4, -0.2) is 27.6 Å². The molecule has 78 valence electrons. The predicted molar refractivity (Wildman–Crippen MR) is 53.4 cm³/mol. The van der Waals surface area contributed by atoms with Gasteiger partial charge in [0, 0.05) is 0 Å². The van der Waals surface area contributed by atoms with Crippen LogP contribution in [0, 0.1) is 6.92 Å². The molecule has 2 heterocycles. The largest absolute Gasteiger partial charge is 0.495 e. The lowest BCUT2D eigenvalue weighted by atomic mass is 10.3. The van der Waals surface area contributed by atoms with E-state index in [1.54, 1.807) is 36.8 Å². The summed E-state index contributed by atoms with van der Waals surface area (Å²) < 4.78 is 6.75. The molecule has 0 fully saturated rings. The maximum Gasteiger partial charge on any atom is 0.356 e. The SMILES string of the molecule is COc1ccc2nc(C(=O)O)c(C)n2c1. The van der Waals surface area contributed by atoms with Gasteiger partial charge in [0.25, 0.3) is 0 Å². The first-order valence-electron chi connectivity index (χ1n) is 4.39. The van der Waals surface area contributed by atoms with Crippen molar-refractivity contribution in [3.8, 4) is 5.75 Å². The van der Waals surface area contributed by atoms with Gasteiger partial charge in [0.1, 0.15) is 11.4 Å². The van der Waals surface area contributed by atoms with E-state index < -0.39 is 5.97 Å². The maximum absolute atomic E-state index is 10.8. The summed E-state index contributed by atoms with van der Waals surface area (Å²) >= 11 is 0. The molecule has 0 bridgehead atoms.